The van der Waals surface area contributed by atoms with Crippen molar-refractivity contribution in [2.24, 2.45) is 11.8 Å². The predicted molar refractivity (Wildman–Crippen MR) is 60.5 cm³/mol. The van der Waals surface area contributed by atoms with Gasteiger partial charge in [0.2, 0.25) is 7.85 Å². The van der Waals surface area contributed by atoms with Crippen molar-refractivity contribution in [1.29, 1.82) is 0 Å². The molecule has 0 spiro atoms. The van der Waals surface area contributed by atoms with Crippen molar-refractivity contribution >= 4 is 19.6 Å². The van der Waals surface area contributed by atoms with E-state index in [0.717, 1.165) is 6.42 Å². The number of amides is 1. The summed E-state index contributed by atoms with van der Waals surface area (Å²) >= 11 is 0. The average molecular weight is 237 g/mol. The van der Waals surface area contributed by atoms with Gasteiger partial charge in [-0.2, -0.15) is 0 Å². The van der Waals surface area contributed by atoms with Crippen LogP contribution in [-0.2, 0) is 9.53 Å². The van der Waals surface area contributed by atoms with Crippen molar-refractivity contribution in [3.8, 4) is 0 Å². The van der Waals surface area contributed by atoms with Crippen LogP contribution in [0.1, 0.15) is 19.8 Å². The molecule has 1 aliphatic heterocycles. The molecule has 6 heteroatoms. The zero-order valence-electron chi connectivity index (χ0n) is 9.83. The third-order valence-corrected chi connectivity index (χ3v) is 3.80. The molecule has 4 atom stereocenters. The highest BCUT2D eigenvalue weighted by Crippen LogP contribution is 2.42. The van der Waals surface area contributed by atoms with Gasteiger partial charge in [0.05, 0.1) is 12.7 Å². The Labute approximate surface area is 102 Å². The van der Waals surface area contributed by atoms with Crippen molar-refractivity contribution in [1.82, 2.24) is 4.90 Å². The summed E-state index contributed by atoms with van der Waals surface area (Å²) in [5.41, 5.74) is 0. The zero-order valence-corrected chi connectivity index (χ0v) is 9.83. The first-order valence-corrected chi connectivity index (χ1v) is 5.97. The van der Waals surface area contributed by atoms with E-state index in [4.69, 9.17) is 12.6 Å². The van der Waals surface area contributed by atoms with Gasteiger partial charge in [0.1, 0.15) is 6.04 Å². The Morgan fingerprint density at radius 1 is 1.41 bits per heavy atom. The summed E-state index contributed by atoms with van der Waals surface area (Å²) in [6, 6.07) is -0.616. The van der Waals surface area contributed by atoms with Gasteiger partial charge in [-0.15, -0.1) is 0 Å². The van der Waals surface area contributed by atoms with E-state index in [1.54, 1.807) is 6.92 Å². The first-order chi connectivity index (χ1) is 8.06. The molecule has 2 fully saturated rings. The van der Waals surface area contributed by atoms with Crippen LogP contribution in [0.5, 0.6) is 0 Å². The van der Waals surface area contributed by atoms with Gasteiger partial charge >= 0.3 is 5.97 Å². The first kappa shape index (κ1) is 12.4. The fourth-order valence-corrected chi connectivity index (χ4v) is 3.05. The Morgan fingerprint density at radius 2 is 2.12 bits per heavy atom. The number of ether oxygens (including phenoxy) is 1. The van der Waals surface area contributed by atoms with Gasteiger partial charge in [0, 0.05) is 12.5 Å². The molecule has 0 aromatic carbocycles. The number of carbonyl (C=O) groups is 2. The molecule has 1 heterocycles. The van der Waals surface area contributed by atoms with E-state index in [-0.39, 0.29) is 18.4 Å². The van der Waals surface area contributed by atoms with E-state index in [0.29, 0.717) is 13.0 Å². The predicted octanol–water partition coefficient (Wildman–Crippen LogP) is -0.0907. The van der Waals surface area contributed by atoms with E-state index in [9.17, 15) is 14.7 Å². The molecule has 1 amide bonds. The van der Waals surface area contributed by atoms with Crippen LogP contribution in [0.2, 0.25) is 0 Å². The van der Waals surface area contributed by atoms with E-state index < -0.39 is 23.9 Å². The second-order valence-corrected chi connectivity index (χ2v) is 4.66. The summed E-state index contributed by atoms with van der Waals surface area (Å²) in [6.07, 6.45) is 0.970. The minimum absolute atomic E-state index is 0.0171. The molecule has 1 N–H and O–H groups in total. The number of carbonyl (C=O) groups excluding carboxylic acids is 2. The molecule has 92 valence electrons. The standard InChI is InChI=1S/C11H16BNO4/c1-2-17-10(15)9-6-3-4-8(14)7(6)5-13(9)11(12)16/h6-9,14H,2-5H2,1H3/t6-,7-,8?,9?/m0/s1. The van der Waals surface area contributed by atoms with E-state index in [1.165, 1.54) is 4.90 Å². The number of hydrogen-bond acceptors (Lipinski definition) is 4. The Hall–Kier alpha value is -1.04. The molecule has 2 unspecified atom stereocenters. The lowest BCUT2D eigenvalue weighted by Gasteiger charge is -2.25. The van der Waals surface area contributed by atoms with E-state index in [2.05, 4.69) is 0 Å². The number of nitrogens with zero attached hydrogens (tertiary/aromatic N) is 1. The maximum atomic E-state index is 11.9. The van der Waals surface area contributed by atoms with Crippen LogP contribution in [0, 0.1) is 11.8 Å². The van der Waals surface area contributed by atoms with Gasteiger partial charge in [-0.05, 0) is 25.7 Å². The number of aliphatic hydroxyl groups is 1. The van der Waals surface area contributed by atoms with Gasteiger partial charge in [0.25, 0.3) is 0 Å². The third-order valence-electron chi connectivity index (χ3n) is 3.80. The minimum atomic E-state index is -0.621. The fraction of sp³-hybridized carbons (Fsp3) is 0.818. The second kappa shape index (κ2) is 4.68. The second-order valence-electron chi connectivity index (χ2n) is 4.66. The van der Waals surface area contributed by atoms with Gasteiger partial charge in [-0.1, -0.05) is 0 Å². The third kappa shape index (κ3) is 2.06. The molecule has 1 aliphatic carbocycles. The number of rotatable bonds is 2. The first-order valence-electron chi connectivity index (χ1n) is 5.97. The number of esters is 1. The summed E-state index contributed by atoms with van der Waals surface area (Å²) < 4.78 is 4.98. The number of likely N-dealkylation sites (tertiary alicyclic amines) is 1. The highest BCUT2D eigenvalue weighted by atomic mass is 16.5. The molecule has 2 rings (SSSR count). The van der Waals surface area contributed by atoms with Gasteiger partial charge < -0.3 is 14.7 Å². The zero-order chi connectivity index (χ0) is 12.6. The molecule has 0 aromatic heterocycles. The summed E-state index contributed by atoms with van der Waals surface area (Å²) in [7, 11) is 5.27. The largest absolute Gasteiger partial charge is 0.464 e. The highest BCUT2D eigenvalue weighted by Gasteiger charge is 2.52. The molecule has 2 radical (unpaired) electrons. The molecule has 2 aliphatic rings. The molecule has 0 aromatic rings. The number of aliphatic hydroxyl groups excluding tert-OH is 1. The van der Waals surface area contributed by atoms with Crippen molar-refractivity contribution in [3.63, 3.8) is 0 Å². The normalized spacial score (nSPS) is 35.8. The maximum Gasteiger partial charge on any atom is 0.329 e. The lowest BCUT2D eigenvalue weighted by molar-refractivity contribution is -0.148. The Kier molecular flexibility index (Phi) is 3.42. The van der Waals surface area contributed by atoms with Gasteiger partial charge in [0.15, 0.2) is 5.81 Å². The average Bonchev–Trinajstić information content (AvgIpc) is 2.79. The fourth-order valence-electron chi connectivity index (χ4n) is 3.05. The SMILES string of the molecule is [B]C(=O)N1C[C@@H]2C(O)CC[C@@H]2C1C(=O)OCC. The van der Waals surface area contributed by atoms with Crippen molar-refractivity contribution in [3.05, 3.63) is 0 Å². The van der Waals surface area contributed by atoms with Crippen LogP contribution >= 0.6 is 0 Å². The van der Waals surface area contributed by atoms with Crippen molar-refractivity contribution in [2.45, 2.75) is 31.9 Å². The summed E-state index contributed by atoms with van der Waals surface area (Å²) in [6.45, 7) is 2.36. The van der Waals surface area contributed by atoms with Crippen LogP contribution in [0.4, 0.5) is 4.79 Å². The van der Waals surface area contributed by atoms with E-state index in [1.807, 2.05) is 0 Å². The van der Waals surface area contributed by atoms with Crippen LogP contribution in [0.25, 0.3) is 0 Å². The minimum Gasteiger partial charge on any atom is -0.464 e. The Morgan fingerprint density at radius 3 is 2.71 bits per heavy atom. The molecule has 1 saturated carbocycles. The molecule has 17 heavy (non-hydrogen) atoms. The topological polar surface area (TPSA) is 66.8 Å². The maximum absolute atomic E-state index is 11.9. The molecular weight excluding hydrogens is 221 g/mol. The Bertz CT molecular complexity index is 335. The highest BCUT2D eigenvalue weighted by molar-refractivity contribution is 6.57. The van der Waals surface area contributed by atoms with Crippen LogP contribution in [0.3, 0.4) is 0 Å². The lowest BCUT2D eigenvalue weighted by Crippen LogP contribution is -2.43. The Balaban J connectivity index is 2.19. The van der Waals surface area contributed by atoms with Crippen LogP contribution in [-0.4, -0.2) is 54.9 Å². The summed E-state index contributed by atoms with van der Waals surface area (Å²) in [5, 5.41) is 9.80. The smallest absolute Gasteiger partial charge is 0.329 e. The monoisotopic (exact) mass is 237 g/mol. The lowest BCUT2D eigenvalue weighted by atomic mass is 9.93. The van der Waals surface area contributed by atoms with Gasteiger partial charge in [-0.25, -0.2) is 4.79 Å². The molecule has 1 saturated heterocycles. The quantitative estimate of drug-likeness (QED) is 0.538. The van der Waals surface area contributed by atoms with Crippen molar-refractivity contribution < 1.29 is 19.4 Å². The summed E-state index contributed by atoms with van der Waals surface area (Å²) in [5.74, 6) is -1.09. The number of fused-ring (bicyclic) bond motifs is 1. The number of hydrogen-bond donors (Lipinski definition) is 1. The van der Waals surface area contributed by atoms with Crippen LogP contribution < -0.4 is 0 Å². The van der Waals surface area contributed by atoms with E-state index >= 15 is 0 Å². The molecular formula is C11H16BNO4. The van der Waals surface area contributed by atoms with Crippen LogP contribution in [0.15, 0.2) is 0 Å². The molecule has 5 nitrogen and oxygen atoms in total. The summed E-state index contributed by atoms with van der Waals surface area (Å²) in [4.78, 5) is 24.5. The molecule has 0 bridgehead atoms. The van der Waals surface area contributed by atoms with Gasteiger partial charge in [-0.3, -0.25) is 4.79 Å². The van der Waals surface area contributed by atoms with Crippen molar-refractivity contribution in [2.75, 3.05) is 13.2 Å².